The van der Waals surface area contributed by atoms with Crippen molar-refractivity contribution in [2.75, 3.05) is 13.2 Å². The second-order valence-corrected chi connectivity index (χ2v) is 5.75. The van der Waals surface area contributed by atoms with Gasteiger partial charge in [-0.25, -0.2) is 0 Å². The van der Waals surface area contributed by atoms with Crippen molar-refractivity contribution < 1.29 is 9.47 Å². The van der Waals surface area contributed by atoms with E-state index >= 15 is 0 Å². The first kappa shape index (κ1) is 16.3. The molecule has 0 aliphatic rings. The van der Waals surface area contributed by atoms with Gasteiger partial charge in [0.15, 0.2) is 0 Å². The van der Waals surface area contributed by atoms with Crippen molar-refractivity contribution in [2.45, 2.75) is 13.5 Å². The zero-order valence-electron chi connectivity index (χ0n) is 13.9. The highest BCUT2D eigenvalue weighted by Crippen LogP contribution is 2.29. The van der Waals surface area contributed by atoms with Gasteiger partial charge in [-0.3, -0.25) is 0 Å². The van der Waals surface area contributed by atoms with E-state index in [1.807, 2.05) is 36.4 Å². The minimum absolute atomic E-state index is 0.537. The van der Waals surface area contributed by atoms with E-state index in [0.29, 0.717) is 19.8 Å². The van der Waals surface area contributed by atoms with Gasteiger partial charge in [0.05, 0.1) is 13.2 Å². The smallest absolute Gasteiger partial charge is 0.127 e. The van der Waals surface area contributed by atoms with Gasteiger partial charge in [-0.2, -0.15) is 0 Å². The van der Waals surface area contributed by atoms with Crippen LogP contribution >= 0.6 is 0 Å². The van der Waals surface area contributed by atoms with E-state index in [9.17, 15) is 0 Å². The first-order valence-corrected chi connectivity index (χ1v) is 8.23. The summed E-state index contributed by atoms with van der Waals surface area (Å²) >= 11 is 0. The van der Waals surface area contributed by atoms with Gasteiger partial charge in [0, 0.05) is 5.56 Å². The molecule has 0 bridgehead atoms. The molecule has 0 spiro atoms. The molecule has 0 aliphatic heterocycles. The monoisotopic (exact) mass is 318 g/mol. The summed E-state index contributed by atoms with van der Waals surface area (Å²) in [6, 6.07) is 26.8. The molecule has 0 saturated carbocycles. The molecule has 24 heavy (non-hydrogen) atoms. The summed E-state index contributed by atoms with van der Waals surface area (Å²) in [7, 11) is 0. The summed E-state index contributed by atoms with van der Waals surface area (Å²) in [5.74, 6) is 0.891. The molecular weight excluding hydrogens is 296 g/mol. The van der Waals surface area contributed by atoms with E-state index in [0.717, 1.165) is 16.9 Å². The fraction of sp³-hybridized carbons (Fsp3) is 0.182. The van der Waals surface area contributed by atoms with Crippen molar-refractivity contribution >= 4 is 0 Å². The van der Waals surface area contributed by atoms with Gasteiger partial charge >= 0.3 is 0 Å². The molecule has 0 radical (unpaired) electrons. The highest BCUT2D eigenvalue weighted by Gasteiger charge is 2.05. The van der Waals surface area contributed by atoms with Crippen LogP contribution in [0, 0.1) is 6.92 Å². The normalized spacial score (nSPS) is 10.5. The molecule has 2 heteroatoms. The van der Waals surface area contributed by atoms with Crippen LogP contribution in [0.3, 0.4) is 0 Å². The maximum absolute atomic E-state index is 5.92. The topological polar surface area (TPSA) is 18.5 Å². The minimum Gasteiger partial charge on any atom is -0.491 e. The Kier molecular flexibility index (Phi) is 5.65. The lowest BCUT2D eigenvalue weighted by Crippen LogP contribution is -2.07. The largest absolute Gasteiger partial charge is 0.491 e. The van der Waals surface area contributed by atoms with Crippen molar-refractivity contribution in [2.24, 2.45) is 0 Å². The maximum Gasteiger partial charge on any atom is 0.127 e. The molecule has 0 unspecified atom stereocenters. The Morgan fingerprint density at radius 3 is 2.21 bits per heavy atom. The number of hydrogen-bond acceptors (Lipinski definition) is 2. The van der Waals surface area contributed by atoms with Gasteiger partial charge in [-0.15, -0.1) is 0 Å². The van der Waals surface area contributed by atoms with Gasteiger partial charge in [0.2, 0.25) is 0 Å². The van der Waals surface area contributed by atoms with Crippen LogP contribution in [0.1, 0.15) is 11.1 Å². The van der Waals surface area contributed by atoms with Crippen molar-refractivity contribution in [1.29, 1.82) is 0 Å². The molecule has 3 aromatic carbocycles. The van der Waals surface area contributed by atoms with Crippen molar-refractivity contribution in [3.05, 3.63) is 90.0 Å². The van der Waals surface area contributed by atoms with Gasteiger partial charge < -0.3 is 9.47 Å². The second kappa shape index (κ2) is 8.32. The van der Waals surface area contributed by atoms with Crippen LogP contribution in [0.2, 0.25) is 0 Å². The molecule has 122 valence electrons. The molecule has 0 aromatic heterocycles. The Labute approximate surface area is 143 Å². The summed E-state index contributed by atoms with van der Waals surface area (Å²) in [6.45, 7) is 3.80. The molecule has 0 N–H and O–H groups in total. The van der Waals surface area contributed by atoms with E-state index in [1.165, 1.54) is 11.1 Å². The van der Waals surface area contributed by atoms with E-state index in [4.69, 9.17) is 9.47 Å². The molecule has 0 atom stereocenters. The molecule has 0 heterocycles. The number of ether oxygens (including phenoxy) is 2. The first-order chi connectivity index (χ1) is 11.8. The highest BCUT2D eigenvalue weighted by atomic mass is 16.5. The van der Waals surface area contributed by atoms with Crippen LogP contribution in [0.15, 0.2) is 78.9 Å². The Morgan fingerprint density at radius 2 is 1.42 bits per heavy atom. The Balaban J connectivity index is 1.51. The fourth-order valence-corrected chi connectivity index (χ4v) is 2.53. The van der Waals surface area contributed by atoms with Crippen LogP contribution in [0.5, 0.6) is 5.75 Å². The number of benzene rings is 3. The quantitative estimate of drug-likeness (QED) is 0.553. The third-order valence-electron chi connectivity index (χ3n) is 3.85. The summed E-state index contributed by atoms with van der Waals surface area (Å²) in [5, 5.41) is 0. The molecular formula is C22H22O2. The molecule has 0 amide bonds. The fourth-order valence-electron chi connectivity index (χ4n) is 2.53. The van der Waals surface area contributed by atoms with E-state index in [-0.39, 0.29) is 0 Å². The highest BCUT2D eigenvalue weighted by molar-refractivity contribution is 5.70. The summed E-state index contributed by atoms with van der Waals surface area (Å²) in [6.07, 6.45) is 0. The lowest BCUT2D eigenvalue weighted by Gasteiger charge is -2.12. The summed E-state index contributed by atoms with van der Waals surface area (Å²) in [5.41, 5.74) is 4.72. The van der Waals surface area contributed by atoms with E-state index in [2.05, 4.69) is 49.4 Å². The van der Waals surface area contributed by atoms with Crippen LogP contribution in [0.25, 0.3) is 11.1 Å². The molecule has 2 nitrogen and oxygen atoms in total. The Hall–Kier alpha value is -2.58. The number of para-hydroxylation sites is 1. The Bertz CT molecular complexity index is 748. The SMILES string of the molecule is Cc1ccc(COCCOc2ccccc2-c2ccccc2)cc1. The van der Waals surface area contributed by atoms with Crippen LogP contribution in [-0.4, -0.2) is 13.2 Å². The molecule has 0 aliphatic carbocycles. The number of hydrogen-bond donors (Lipinski definition) is 0. The van der Waals surface area contributed by atoms with Crippen LogP contribution in [0.4, 0.5) is 0 Å². The van der Waals surface area contributed by atoms with Crippen molar-refractivity contribution in [3.8, 4) is 16.9 Å². The second-order valence-electron chi connectivity index (χ2n) is 5.75. The number of aryl methyl sites for hydroxylation is 1. The van der Waals surface area contributed by atoms with Crippen LogP contribution in [-0.2, 0) is 11.3 Å². The molecule has 0 fully saturated rings. The average Bonchev–Trinajstić information content (AvgIpc) is 2.64. The molecule has 3 rings (SSSR count). The Morgan fingerprint density at radius 1 is 0.708 bits per heavy atom. The standard InChI is InChI=1S/C22H22O2/c1-18-11-13-19(14-12-18)17-23-15-16-24-22-10-6-5-9-21(22)20-7-3-2-4-8-20/h2-14H,15-17H2,1H3. The van der Waals surface area contributed by atoms with Crippen molar-refractivity contribution in [1.82, 2.24) is 0 Å². The van der Waals surface area contributed by atoms with Gasteiger partial charge in [-0.1, -0.05) is 78.4 Å². The lowest BCUT2D eigenvalue weighted by atomic mass is 10.1. The third kappa shape index (κ3) is 4.46. The van der Waals surface area contributed by atoms with Crippen molar-refractivity contribution in [3.63, 3.8) is 0 Å². The predicted molar refractivity (Wildman–Crippen MR) is 98.2 cm³/mol. The van der Waals surface area contributed by atoms with Gasteiger partial charge in [0.1, 0.15) is 12.4 Å². The predicted octanol–water partition coefficient (Wildman–Crippen LogP) is 5.26. The lowest BCUT2D eigenvalue weighted by molar-refractivity contribution is 0.0891. The summed E-state index contributed by atoms with van der Waals surface area (Å²) in [4.78, 5) is 0. The van der Waals surface area contributed by atoms with Gasteiger partial charge in [0.25, 0.3) is 0 Å². The number of rotatable bonds is 7. The van der Waals surface area contributed by atoms with Crippen LogP contribution < -0.4 is 4.74 Å². The van der Waals surface area contributed by atoms with E-state index in [1.54, 1.807) is 0 Å². The molecule has 3 aromatic rings. The minimum atomic E-state index is 0.537. The van der Waals surface area contributed by atoms with E-state index < -0.39 is 0 Å². The average molecular weight is 318 g/mol. The maximum atomic E-state index is 5.92. The molecule has 0 saturated heterocycles. The first-order valence-electron chi connectivity index (χ1n) is 8.23. The zero-order chi connectivity index (χ0) is 16.6. The summed E-state index contributed by atoms with van der Waals surface area (Å²) < 4.78 is 11.6. The van der Waals surface area contributed by atoms with Gasteiger partial charge in [-0.05, 0) is 24.1 Å². The third-order valence-corrected chi connectivity index (χ3v) is 3.85. The zero-order valence-corrected chi connectivity index (χ0v) is 13.9.